The minimum Gasteiger partial charge on any atom is -0.493 e. The number of aromatic amines is 2. The molecule has 0 fully saturated rings. The van der Waals surface area contributed by atoms with Crippen molar-refractivity contribution in [3.63, 3.8) is 0 Å². The molecule has 5 rings (SSSR count). The Kier molecular flexibility index (Phi) is 9.32. The van der Waals surface area contributed by atoms with Crippen LogP contribution >= 0.6 is 0 Å². The molecule has 3 aromatic carbocycles. The van der Waals surface area contributed by atoms with Crippen molar-refractivity contribution in [1.29, 1.82) is 0 Å². The molecule has 43 heavy (non-hydrogen) atoms. The van der Waals surface area contributed by atoms with Gasteiger partial charge in [0.05, 0.1) is 17.6 Å². The zero-order chi connectivity index (χ0) is 30.3. The summed E-state index contributed by atoms with van der Waals surface area (Å²) in [6.07, 6.45) is 3.59. The van der Waals surface area contributed by atoms with E-state index < -0.39 is 0 Å². The van der Waals surface area contributed by atoms with Crippen LogP contribution in [0, 0.1) is 0 Å². The number of nitrogens with zero attached hydrogens (tertiary/aromatic N) is 4. The molecule has 5 aromatic rings. The number of fused-ring (bicyclic) bond motifs is 2. The molecule has 0 spiro atoms. The molecule has 0 unspecified atom stereocenters. The number of nitrogens with one attached hydrogen (secondary N) is 3. The van der Waals surface area contributed by atoms with Crippen LogP contribution in [-0.2, 0) is 4.79 Å². The summed E-state index contributed by atoms with van der Waals surface area (Å²) in [6, 6.07) is 19.3. The van der Waals surface area contributed by atoms with Crippen LogP contribution in [0.4, 0.5) is 0 Å². The van der Waals surface area contributed by atoms with Gasteiger partial charge in [-0.1, -0.05) is 44.9 Å². The maximum Gasteiger partial charge on any atom is 0.220 e. The number of aromatic nitrogens is 3. The van der Waals surface area contributed by atoms with E-state index in [2.05, 4.69) is 108 Å². The molecule has 0 bridgehead atoms. The SMILES string of the molecule is CC(C)c1cc(-c2nc3ccc(-c4ccc5[nH]ccc5c4)cc3[nH]2)cc(C(C)C)c1OCCCC(=O)NCCCN=[N+]=[N-]. The topological polar surface area (TPSA) is 132 Å². The monoisotopic (exact) mass is 577 g/mol. The van der Waals surface area contributed by atoms with Crippen LogP contribution < -0.4 is 10.1 Å². The standard InChI is InChI=1S/C34H39N7O2/c1-21(2)27-18-26(19-28(22(3)4)33(27)43-16-5-7-32(42)37-13-6-14-38-41-35)34-39-30-11-9-24(20-31(30)40-34)23-8-10-29-25(17-23)12-15-36-29/h8-12,15,17-22,36H,5-7,13-14,16H2,1-4H3,(H,37,42)(H,39,40). The first-order valence-corrected chi connectivity index (χ1v) is 15.0. The van der Waals surface area contributed by atoms with Crippen LogP contribution in [0.1, 0.15) is 69.9 Å². The quantitative estimate of drug-likeness (QED) is 0.0560. The second-order valence-corrected chi connectivity index (χ2v) is 11.5. The molecule has 0 radical (unpaired) electrons. The van der Waals surface area contributed by atoms with Crippen LogP contribution in [0.25, 0.3) is 54.9 Å². The molecule has 9 heteroatoms. The van der Waals surface area contributed by atoms with Gasteiger partial charge in [-0.2, -0.15) is 0 Å². The molecule has 222 valence electrons. The van der Waals surface area contributed by atoms with Gasteiger partial charge in [-0.05, 0) is 100 Å². The molecule has 0 atom stereocenters. The molecule has 0 saturated carbocycles. The summed E-state index contributed by atoms with van der Waals surface area (Å²) < 4.78 is 6.37. The lowest BCUT2D eigenvalue weighted by Crippen LogP contribution is -2.25. The van der Waals surface area contributed by atoms with Gasteiger partial charge in [0, 0.05) is 41.7 Å². The Bertz CT molecular complexity index is 1750. The van der Waals surface area contributed by atoms with Crippen LogP contribution in [0.15, 0.2) is 65.9 Å². The van der Waals surface area contributed by atoms with Crippen LogP contribution in [0.3, 0.4) is 0 Å². The Hall–Kier alpha value is -4.75. The molecular formula is C34H39N7O2. The molecule has 3 N–H and O–H groups in total. The molecule has 2 aromatic heterocycles. The third-order valence-corrected chi connectivity index (χ3v) is 7.65. The Morgan fingerprint density at radius 2 is 1.70 bits per heavy atom. The summed E-state index contributed by atoms with van der Waals surface area (Å²) in [4.78, 5) is 26.7. The average molecular weight is 578 g/mol. The predicted molar refractivity (Wildman–Crippen MR) is 173 cm³/mol. The summed E-state index contributed by atoms with van der Waals surface area (Å²) in [5.74, 6) is 2.20. The number of azide groups is 1. The molecule has 0 aliphatic heterocycles. The fraction of sp³-hybridized carbons (Fsp3) is 0.353. The highest BCUT2D eigenvalue weighted by molar-refractivity contribution is 5.89. The summed E-state index contributed by atoms with van der Waals surface area (Å²) in [7, 11) is 0. The highest BCUT2D eigenvalue weighted by Gasteiger charge is 2.20. The molecule has 2 heterocycles. The van der Waals surface area contributed by atoms with Crippen molar-refractivity contribution < 1.29 is 9.53 Å². The van der Waals surface area contributed by atoms with Gasteiger partial charge in [-0.25, -0.2) is 4.98 Å². The fourth-order valence-electron chi connectivity index (χ4n) is 5.31. The van der Waals surface area contributed by atoms with Crippen LogP contribution in [-0.4, -0.2) is 40.6 Å². The van der Waals surface area contributed by atoms with E-state index in [0.29, 0.717) is 39.0 Å². The number of amides is 1. The van der Waals surface area contributed by atoms with E-state index in [9.17, 15) is 4.79 Å². The maximum absolute atomic E-state index is 12.2. The number of imidazole rings is 1. The van der Waals surface area contributed by atoms with Crippen molar-refractivity contribution >= 4 is 27.8 Å². The third kappa shape index (κ3) is 7.01. The van der Waals surface area contributed by atoms with Crippen molar-refractivity contribution in [3.05, 3.63) is 82.4 Å². The minimum absolute atomic E-state index is 0.0221. The zero-order valence-corrected chi connectivity index (χ0v) is 25.3. The van der Waals surface area contributed by atoms with Gasteiger partial charge >= 0.3 is 0 Å². The first-order chi connectivity index (χ1) is 20.8. The largest absolute Gasteiger partial charge is 0.493 e. The minimum atomic E-state index is -0.0221. The molecule has 0 aliphatic rings. The zero-order valence-electron chi connectivity index (χ0n) is 25.3. The fourth-order valence-corrected chi connectivity index (χ4v) is 5.31. The number of hydrogen-bond acceptors (Lipinski definition) is 4. The summed E-state index contributed by atoms with van der Waals surface area (Å²) >= 11 is 0. The highest BCUT2D eigenvalue weighted by atomic mass is 16.5. The predicted octanol–water partition coefficient (Wildman–Crippen LogP) is 8.60. The molecular weight excluding hydrogens is 538 g/mol. The van der Waals surface area contributed by atoms with Gasteiger partial charge in [-0.3, -0.25) is 4.79 Å². The lowest BCUT2D eigenvalue weighted by atomic mass is 9.91. The number of ether oxygens (including phenoxy) is 1. The van der Waals surface area contributed by atoms with Gasteiger partial charge in [0.1, 0.15) is 11.6 Å². The van der Waals surface area contributed by atoms with Crippen LogP contribution in [0.5, 0.6) is 5.75 Å². The number of hydrogen-bond donors (Lipinski definition) is 3. The van der Waals surface area contributed by atoms with Gasteiger partial charge in [0.15, 0.2) is 0 Å². The van der Waals surface area contributed by atoms with E-state index in [1.807, 2.05) is 6.20 Å². The van der Waals surface area contributed by atoms with Crippen molar-refractivity contribution in [1.82, 2.24) is 20.3 Å². The Morgan fingerprint density at radius 1 is 0.953 bits per heavy atom. The second-order valence-electron chi connectivity index (χ2n) is 11.5. The molecule has 9 nitrogen and oxygen atoms in total. The number of carbonyl (C=O) groups excluding carboxylic acids is 1. The van der Waals surface area contributed by atoms with E-state index in [1.54, 1.807) is 0 Å². The van der Waals surface area contributed by atoms with E-state index >= 15 is 0 Å². The van der Waals surface area contributed by atoms with Crippen molar-refractivity contribution in [2.45, 2.75) is 58.8 Å². The first kappa shape index (κ1) is 29.7. The smallest absolute Gasteiger partial charge is 0.220 e. The lowest BCUT2D eigenvalue weighted by molar-refractivity contribution is -0.121. The second kappa shape index (κ2) is 13.5. The van der Waals surface area contributed by atoms with Crippen molar-refractivity contribution in [3.8, 4) is 28.3 Å². The Morgan fingerprint density at radius 3 is 2.44 bits per heavy atom. The van der Waals surface area contributed by atoms with E-state index in [1.165, 1.54) is 10.9 Å². The molecule has 1 amide bonds. The number of H-pyrrole nitrogens is 2. The van der Waals surface area contributed by atoms with E-state index in [-0.39, 0.29) is 17.7 Å². The first-order valence-electron chi connectivity index (χ1n) is 15.0. The van der Waals surface area contributed by atoms with Gasteiger partial charge in [0.25, 0.3) is 0 Å². The Balaban J connectivity index is 1.34. The number of carbonyl (C=O) groups is 1. The number of benzene rings is 3. The number of rotatable bonds is 13. The van der Waals surface area contributed by atoms with Gasteiger partial charge < -0.3 is 20.0 Å². The molecule has 0 saturated heterocycles. The normalized spacial score (nSPS) is 11.4. The van der Waals surface area contributed by atoms with Gasteiger partial charge in [0.2, 0.25) is 5.91 Å². The third-order valence-electron chi connectivity index (χ3n) is 7.65. The maximum atomic E-state index is 12.2. The lowest BCUT2D eigenvalue weighted by Gasteiger charge is -2.21. The Labute approximate surface area is 251 Å². The average Bonchev–Trinajstić information content (AvgIpc) is 3.65. The summed E-state index contributed by atoms with van der Waals surface area (Å²) in [6.45, 7) is 10.0. The van der Waals surface area contributed by atoms with Crippen molar-refractivity contribution in [2.24, 2.45) is 5.11 Å². The molecule has 0 aliphatic carbocycles. The van der Waals surface area contributed by atoms with Crippen LogP contribution in [0.2, 0.25) is 0 Å². The summed E-state index contributed by atoms with van der Waals surface area (Å²) in [5.41, 5.74) is 17.0. The van der Waals surface area contributed by atoms with E-state index in [0.717, 1.165) is 50.4 Å². The van der Waals surface area contributed by atoms with Crippen molar-refractivity contribution in [2.75, 3.05) is 19.7 Å². The van der Waals surface area contributed by atoms with E-state index in [4.69, 9.17) is 15.3 Å². The highest BCUT2D eigenvalue weighted by Crippen LogP contribution is 2.39. The summed E-state index contributed by atoms with van der Waals surface area (Å²) in [5, 5.41) is 7.54. The van der Waals surface area contributed by atoms with Gasteiger partial charge in [-0.15, -0.1) is 0 Å².